The Morgan fingerprint density at radius 2 is 2.19 bits per heavy atom. The summed E-state index contributed by atoms with van der Waals surface area (Å²) in [6, 6.07) is 1.88. The molecular formula is C12H22N2O2. The van der Waals surface area contributed by atoms with Crippen LogP contribution in [0.5, 0.6) is 0 Å². The van der Waals surface area contributed by atoms with Crippen molar-refractivity contribution in [1.82, 2.24) is 10.1 Å². The highest BCUT2D eigenvalue weighted by Crippen LogP contribution is 2.16. The summed E-state index contributed by atoms with van der Waals surface area (Å²) in [5, 5.41) is 12.8. The van der Waals surface area contributed by atoms with Crippen molar-refractivity contribution in [1.29, 1.82) is 0 Å². The van der Waals surface area contributed by atoms with Crippen molar-refractivity contribution in [3.05, 3.63) is 18.0 Å². The Bertz CT molecular complexity index is 278. The minimum Gasteiger partial charge on any atom is -0.396 e. The molecule has 0 aromatic carbocycles. The molecule has 92 valence electrons. The van der Waals surface area contributed by atoms with Crippen molar-refractivity contribution in [2.24, 2.45) is 5.41 Å². The number of hydrogen-bond acceptors (Lipinski definition) is 4. The van der Waals surface area contributed by atoms with Gasteiger partial charge in [-0.15, -0.1) is 0 Å². The molecule has 0 bridgehead atoms. The number of hydrogen-bond donors (Lipinski definition) is 1. The first kappa shape index (κ1) is 13.2. The fourth-order valence-corrected chi connectivity index (χ4v) is 1.73. The summed E-state index contributed by atoms with van der Waals surface area (Å²) in [6.07, 6.45) is 2.39. The summed E-state index contributed by atoms with van der Waals surface area (Å²) in [6.45, 7) is 9.53. The van der Waals surface area contributed by atoms with Gasteiger partial charge < -0.3 is 9.63 Å². The standard InChI is InChI=1S/C12H22N2O2/c1-12(2,3)10-14(6-4-7-15)9-11-5-8-16-13-11/h5,8,15H,4,6-7,9-10H2,1-3H3. The second kappa shape index (κ2) is 6.01. The van der Waals surface area contributed by atoms with Crippen LogP contribution in [0.4, 0.5) is 0 Å². The molecule has 0 fully saturated rings. The van der Waals surface area contributed by atoms with Crippen LogP contribution in [0.15, 0.2) is 16.9 Å². The van der Waals surface area contributed by atoms with Crippen LogP contribution in [0.2, 0.25) is 0 Å². The van der Waals surface area contributed by atoms with E-state index in [-0.39, 0.29) is 12.0 Å². The first-order valence-corrected chi connectivity index (χ1v) is 5.74. The lowest BCUT2D eigenvalue weighted by Crippen LogP contribution is -2.33. The lowest BCUT2D eigenvalue weighted by Gasteiger charge is -2.29. The summed E-state index contributed by atoms with van der Waals surface area (Å²) in [5.74, 6) is 0. The van der Waals surface area contributed by atoms with Crippen LogP contribution in [-0.4, -0.2) is 34.9 Å². The average molecular weight is 226 g/mol. The summed E-state index contributed by atoms with van der Waals surface area (Å²) in [5.41, 5.74) is 1.20. The summed E-state index contributed by atoms with van der Waals surface area (Å²) in [7, 11) is 0. The molecule has 0 spiro atoms. The molecule has 4 nitrogen and oxygen atoms in total. The van der Waals surface area contributed by atoms with Gasteiger partial charge in [0.2, 0.25) is 0 Å². The van der Waals surface area contributed by atoms with Gasteiger partial charge >= 0.3 is 0 Å². The third-order valence-electron chi connectivity index (χ3n) is 2.21. The van der Waals surface area contributed by atoms with Gasteiger partial charge in [0.15, 0.2) is 0 Å². The predicted octanol–water partition coefficient (Wildman–Crippen LogP) is 1.91. The van der Waals surface area contributed by atoms with Crippen LogP contribution in [0, 0.1) is 5.41 Å². The van der Waals surface area contributed by atoms with Crippen molar-refractivity contribution in [2.75, 3.05) is 19.7 Å². The predicted molar refractivity (Wildman–Crippen MR) is 62.9 cm³/mol. The molecule has 0 aliphatic carbocycles. The molecule has 1 N–H and O–H groups in total. The third kappa shape index (κ3) is 5.28. The summed E-state index contributed by atoms with van der Waals surface area (Å²) < 4.78 is 4.82. The van der Waals surface area contributed by atoms with E-state index >= 15 is 0 Å². The number of aromatic nitrogens is 1. The molecule has 4 heteroatoms. The van der Waals surface area contributed by atoms with E-state index in [4.69, 9.17) is 9.63 Å². The van der Waals surface area contributed by atoms with Crippen molar-refractivity contribution in [3.8, 4) is 0 Å². The number of nitrogens with zero attached hydrogens (tertiary/aromatic N) is 2. The van der Waals surface area contributed by atoms with Gasteiger partial charge in [-0.3, -0.25) is 4.90 Å². The van der Waals surface area contributed by atoms with E-state index in [2.05, 4.69) is 30.8 Å². The number of rotatable bonds is 6. The second-order valence-electron chi connectivity index (χ2n) is 5.34. The Labute approximate surface area is 97.2 Å². The zero-order valence-electron chi connectivity index (χ0n) is 10.4. The van der Waals surface area contributed by atoms with Crippen LogP contribution >= 0.6 is 0 Å². The van der Waals surface area contributed by atoms with E-state index < -0.39 is 0 Å². The molecule has 0 atom stereocenters. The minimum absolute atomic E-state index is 0.236. The Hall–Kier alpha value is -0.870. The van der Waals surface area contributed by atoms with Crippen LogP contribution in [-0.2, 0) is 6.54 Å². The number of aliphatic hydroxyl groups is 1. The quantitative estimate of drug-likeness (QED) is 0.805. The highest BCUT2D eigenvalue weighted by Gasteiger charge is 2.17. The SMILES string of the molecule is CC(C)(C)CN(CCCO)Cc1ccon1. The number of aliphatic hydroxyl groups excluding tert-OH is 1. The van der Waals surface area contributed by atoms with E-state index in [1.54, 1.807) is 6.26 Å². The first-order valence-electron chi connectivity index (χ1n) is 5.74. The first-order chi connectivity index (χ1) is 7.51. The average Bonchev–Trinajstić information content (AvgIpc) is 2.64. The van der Waals surface area contributed by atoms with E-state index in [0.717, 1.165) is 31.7 Å². The molecule has 1 heterocycles. The van der Waals surface area contributed by atoms with Gasteiger partial charge in [0.1, 0.15) is 6.26 Å². The lowest BCUT2D eigenvalue weighted by atomic mass is 9.96. The van der Waals surface area contributed by atoms with Crippen LogP contribution in [0.3, 0.4) is 0 Å². The molecule has 16 heavy (non-hydrogen) atoms. The van der Waals surface area contributed by atoms with Crippen molar-refractivity contribution in [2.45, 2.75) is 33.7 Å². The zero-order chi connectivity index (χ0) is 12.0. The molecule has 1 rings (SSSR count). The third-order valence-corrected chi connectivity index (χ3v) is 2.21. The Balaban J connectivity index is 2.50. The molecule has 0 unspecified atom stereocenters. The maximum atomic E-state index is 8.88. The Morgan fingerprint density at radius 1 is 1.44 bits per heavy atom. The van der Waals surface area contributed by atoms with Crippen LogP contribution in [0.1, 0.15) is 32.9 Å². The minimum atomic E-state index is 0.236. The maximum Gasteiger partial charge on any atom is 0.124 e. The molecule has 0 aliphatic heterocycles. The fourth-order valence-electron chi connectivity index (χ4n) is 1.73. The Morgan fingerprint density at radius 3 is 2.69 bits per heavy atom. The van der Waals surface area contributed by atoms with Crippen molar-refractivity contribution in [3.63, 3.8) is 0 Å². The topological polar surface area (TPSA) is 49.5 Å². The van der Waals surface area contributed by atoms with Gasteiger partial charge in [0.25, 0.3) is 0 Å². The fraction of sp³-hybridized carbons (Fsp3) is 0.750. The zero-order valence-corrected chi connectivity index (χ0v) is 10.4. The Kier molecular flexibility index (Phi) is 4.96. The molecule has 0 saturated heterocycles. The molecule has 0 aliphatic rings. The largest absolute Gasteiger partial charge is 0.396 e. The normalized spacial score (nSPS) is 12.3. The van der Waals surface area contributed by atoms with Gasteiger partial charge in [0, 0.05) is 32.3 Å². The molecule has 0 amide bonds. The molecule has 1 aromatic heterocycles. The second-order valence-corrected chi connectivity index (χ2v) is 5.34. The van der Waals surface area contributed by atoms with Crippen LogP contribution in [0.25, 0.3) is 0 Å². The van der Waals surface area contributed by atoms with Gasteiger partial charge in [-0.25, -0.2) is 0 Å². The van der Waals surface area contributed by atoms with E-state index in [9.17, 15) is 0 Å². The highest BCUT2D eigenvalue weighted by atomic mass is 16.5. The molecule has 0 radical (unpaired) electrons. The van der Waals surface area contributed by atoms with Gasteiger partial charge in [-0.1, -0.05) is 25.9 Å². The molecule has 1 aromatic rings. The van der Waals surface area contributed by atoms with Gasteiger partial charge in [-0.05, 0) is 11.8 Å². The summed E-state index contributed by atoms with van der Waals surface area (Å²) >= 11 is 0. The lowest BCUT2D eigenvalue weighted by molar-refractivity contribution is 0.163. The highest BCUT2D eigenvalue weighted by molar-refractivity contribution is 4.95. The molecule has 0 saturated carbocycles. The van der Waals surface area contributed by atoms with E-state index in [1.165, 1.54) is 0 Å². The van der Waals surface area contributed by atoms with Crippen molar-refractivity contribution >= 4 is 0 Å². The van der Waals surface area contributed by atoms with Gasteiger partial charge in [-0.2, -0.15) is 0 Å². The van der Waals surface area contributed by atoms with E-state index in [0.29, 0.717) is 0 Å². The monoisotopic (exact) mass is 226 g/mol. The molecular weight excluding hydrogens is 204 g/mol. The van der Waals surface area contributed by atoms with Gasteiger partial charge in [0.05, 0.1) is 5.69 Å². The van der Waals surface area contributed by atoms with Crippen molar-refractivity contribution < 1.29 is 9.63 Å². The maximum absolute atomic E-state index is 8.88. The summed E-state index contributed by atoms with van der Waals surface area (Å²) in [4.78, 5) is 2.30. The smallest absolute Gasteiger partial charge is 0.124 e. The van der Waals surface area contributed by atoms with E-state index in [1.807, 2.05) is 6.07 Å². The van der Waals surface area contributed by atoms with Crippen LogP contribution < -0.4 is 0 Å².